The van der Waals surface area contributed by atoms with Crippen LogP contribution in [0.5, 0.6) is 0 Å². The van der Waals surface area contributed by atoms with Crippen LogP contribution in [0, 0.1) is 11.8 Å². The second-order valence-corrected chi connectivity index (χ2v) is 3.70. The third kappa shape index (κ3) is 3.84. The Labute approximate surface area is 73.2 Å². The molecule has 0 saturated heterocycles. The summed E-state index contributed by atoms with van der Waals surface area (Å²) in [6.07, 6.45) is 3.63. The van der Waals surface area contributed by atoms with E-state index in [1.54, 1.807) is 0 Å². The summed E-state index contributed by atoms with van der Waals surface area (Å²) in [7, 11) is 6.00. The van der Waals surface area contributed by atoms with Crippen molar-refractivity contribution in [1.82, 2.24) is 0 Å². The summed E-state index contributed by atoms with van der Waals surface area (Å²) in [5.41, 5.74) is 0. The van der Waals surface area contributed by atoms with E-state index in [0.717, 1.165) is 5.92 Å². The first kappa shape index (κ1) is 11.1. The molecule has 3 atom stereocenters. The van der Waals surface area contributed by atoms with Gasteiger partial charge in [-0.25, -0.2) is 0 Å². The van der Waals surface area contributed by atoms with Crippen molar-refractivity contribution >= 4 is 7.85 Å². The van der Waals surface area contributed by atoms with E-state index in [4.69, 9.17) is 7.85 Å². The molecule has 0 aromatic rings. The summed E-state index contributed by atoms with van der Waals surface area (Å²) in [5, 5.41) is 0. The van der Waals surface area contributed by atoms with Crippen molar-refractivity contribution in [3.63, 3.8) is 0 Å². The molecule has 0 nitrogen and oxygen atoms in total. The SMILES string of the molecule is [B]C(CCC)[C@H](C)C(C)CC. The Morgan fingerprint density at radius 3 is 2.09 bits per heavy atom. The van der Waals surface area contributed by atoms with Gasteiger partial charge >= 0.3 is 0 Å². The quantitative estimate of drug-likeness (QED) is 0.529. The normalized spacial score (nSPS) is 19.3. The Kier molecular flexibility index (Phi) is 5.72. The zero-order valence-corrected chi connectivity index (χ0v) is 8.43. The lowest BCUT2D eigenvalue weighted by Crippen LogP contribution is -2.13. The molecule has 0 spiro atoms. The van der Waals surface area contributed by atoms with Crippen LogP contribution in [0.3, 0.4) is 0 Å². The third-order valence-electron chi connectivity index (χ3n) is 2.84. The lowest BCUT2D eigenvalue weighted by atomic mass is 9.69. The first-order chi connectivity index (χ1) is 5.13. The van der Waals surface area contributed by atoms with Crippen molar-refractivity contribution in [3.05, 3.63) is 0 Å². The van der Waals surface area contributed by atoms with Gasteiger partial charge in [-0.2, -0.15) is 0 Å². The molecule has 0 saturated carbocycles. The molecule has 0 aromatic carbocycles. The van der Waals surface area contributed by atoms with E-state index in [-0.39, 0.29) is 0 Å². The largest absolute Gasteiger partial charge is 0.0746 e. The first-order valence-corrected chi connectivity index (χ1v) is 4.89. The highest BCUT2D eigenvalue weighted by molar-refractivity contribution is 6.11. The maximum Gasteiger partial charge on any atom is 0.0703 e. The van der Waals surface area contributed by atoms with Crippen molar-refractivity contribution in [3.8, 4) is 0 Å². The van der Waals surface area contributed by atoms with Gasteiger partial charge < -0.3 is 0 Å². The second kappa shape index (κ2) is 5.68. The number of rotatable bonds is 5. The predicted octanol–water partition coefficient (Wildman–Crippen LogP) is 3.43. The van der Waals surface area contributed by atoms with Crippen LogP contribution in [-0.2, 0) is 0 Å². The fraction of sp³-hybridized carbons (Fsp3) is 1.00. The molecule has 11 heavy (non-hydrogen) atoms. The van der Waals surface area contributed by atoms with Gasteiger partial charge in [0, 0.05) is 0 Å². The molecule has 0 aliphatic carbocycles. The maximum absolute atomic E-state index is 6.00. The molecule has 0 aliphatic rings. The van der Waals surface area contributed by atoms with Gasteiger partial charge in [0.15, 0.2) is 0 Å². The summed E-state index contributed by atoms with van der Waals surface area (Å²) in [6.45, 7) is 9.00. The fourth-order valence-corrected chi connectivity index (χ4v) is 1.39. The Morgan fingerprint density at radius 1 is 1.18 bits per heavy atom. The summed E-state index contributed by atoms with van der Waals surface area (Å²) in [4.78, 5) is 0. The fourth-order valence-electron chi connectivity index (χ4n) is 1.39. The van der Waals surface area contributed by atoms with Crippen LogP contribution in [-0.4, -0.2) is 7.85 Å². The summed E-state index contributed by atoms with van der Waals surface area (Å²) in [6, 6.07) is 0. The Morgan fingerprint density at radius 2 is 1.73 bits per heavy atom. The topological polar surface area (TPSA) is 0 Å². The molecule has 0 rings (SSSR count). The van der Waals surface area contributed by atoms with Gasteiger partial charge in [0.25, 0.3) is 0 Å². The summed E-state index contributed by atoms with van der Waals surface area (Å²) in [5.74, 6) is 1.87. The summed E-state index contributed by atoms with van der Waals surface area (Å²) >= 11 is 0. The second-order valence-electron chi connectivity index (χ2n) is 3.70. The van der Waals surface area contributed by atoms with E-state index in [9.17, 15) is 0 Å². The molecule has 0 aliphatic heterocycles. The van der Waals surface area contributed by atoms with Crippen LogP contribution in [0.25, 0.3) is 0 Å². The van der Waals surface area contributed by atoms with Gasteiger partial charge in [-0.1, -0.05) is 52.8 Å². The van der Waals surface area contributed by atoms with Gasteiger partial charge in [0.05, 0.1) is 7.85 Å². The van der Waals surface area contributed by atoms with Crippen LogP contribution in [0.15, 0.2) is 0 Å². The summed E-state index contributed by atoms with van der Waals surface area (Å²) < 4.78 is 0. The first-order valence-electron chi connectivity index (χ1n) is 4.89. The van der Waals surface area contributed by atoms with Crippen LogP contribution in [0.1, 0.15) is 47.0 Å². The minimum absolute atomic E-state index is 0.412. The highest BCUT2D eigenvalue weighted by Crippen LogP contribution is 2.28. The standard InChI is InChI=1S/C10H21B/c1-5-7-10(11)9(4)8(3)6-2/h8-10H,5-7H2,1-4H3/t8?,9-,10?/m1/s1. The van der Waals surface area contributed by atoms with Gasteiger partial charge in [-0.05, 0) is 11.8 Å². The molecule has 0 amide bonds. The van der Waals surface area contributed by atoms with Crippen LogP contribution < -0.4 is 0 Å². The molecule has 0 bridgehead atoms. The van der Waals surface area contributed by atoms with E-state index in [2.05, 4.69) is 27.7 Å². The number of hydrogen-bond acceptors (Lipinski definition) is 0. The molecule has 0 heterocycles. The third-order valence-corrected chi connectivity index (χ3v) is 2.84. The van der Waals surface area contributed by atoms with E-state index in [1.807, 2.05) is 0 Å². The van der Waals surface area contributed by atoms with E-state index in [0.29, 0.717) is 11.7 Å². The minimum Gasteiger partial charge on any atom is -0.0746 e. The lowest BCUT2D eigenvalue weighted by Gasteiger charge is -2.25. The minimum atomic E-state index is 0.412. The molecule has 0 aromatic heterocycles. The molecule has 2 unspecified atom stereocenters. The molecule has 2 radical (unpaired) electrons. The van der Waals surface area contributed by atoms with Crippen LogP contribution in [0.4, 0.5) is 0 Å². The van der Waals surface area contributed by atoms with Crippen molar-refractivity contribution in [2.75, 3.05) is 0 Å². The number of hydrogen-bond donors (Lipinski definition) is 0. The predicted molar refractivity (Wildman–Crippen MR) is 53.0 cm³/mol. The molecule has 0 N–H and O–H groups in total. The Balaban J connectivity index is 3.70. The van der Waals surface area contributed by atoms with Gasteiger partial charge in [0.1, 0.15) is 0 Å². The molecular formula is C10H21B. The molecule has 1 heteroatoms. The highest BCUT2D eigenvalue weighted by Gasteiger charge is 2.15. The van der Waals surface area contributed by atoms with Gasteiger partial charge in [0.2, 0.25) is 0 Å². The highest BCUT2D eigenvalue weighted by atomic mass is 14.2. The zero-order chi connectivity index (χ0) is 8.85. The maximum atomic E-state index is 6.00. The van der Waals surface area contributed by atoms with Crippen LogP contribution in [0.2, 0.25) is 5.82 Å². The average Bonchev–Trinajstić information content (AvgIpc) is 2.02. The molecular weight excluding hydrogens is 131 g/mol. The zero-order valence-electron chi connectivity index (χ0n) is 8.43. The van der Waals surface area contributed by atoms with Gasteiger partial charge in [-0.15, -0.1) is 0 Å². The van der Waals surface area contributed by atoms with E-state index >= 15 is 0 Å². The lowest BCUT2D eigenvalue weighted by molar-refractivity contribution is 0.347. The van der Waals surface area contributed by atoms with Crippen molar-refractivity contribution in [2.24, 2.45) is 11.8 Å². The molecule has 64 valence electrons. The Bertz CT molecular complexity index is 90.9. The molecule has 0 fully saturated rings. The smallest absolute Gasteiger partial charge is 0.0703 e. The van der Waals surface area contributed by atoms with E-state index < -0.39 is 0 Å². The van der Waals surface area contributed by atoms with Crippen molar-refractivity contribution < 1.29 is 0 Å². The Hall–Kier alpha value is 0.0649. The van der Waals surface area contributed by atoms with Crippen molar-refractivity contribution in [1.29, 1.82) is 0 Å². The van der Waals surface area contributed by atoms with Crippen LogP contribution >= 0.6 is 0 Å². The van der Waals surface area contributed by atoms with Crippen molar-refractivity contribution in [2.45, 2.75) is 52.8 Å². The van der Waals surface area contributed by atoms with E-state index in [1.165, 1.54) is 19.3 Å². The monoisotopic (exact) mass is 152 g/mol. The average molecular weight is 152 g/mol. The van der Waals surface area contributed by atoms with Gasteiger partial charge in [-0.3, -0.25) is 0 Å².